The molecule has 0 aliphatic heterocycles. The van der Waals surface area contributed by atoms with Gasteiger partial charge in [-0.05, 0) is 31.0 Å². The van der Waals surface area contributed by atoms with E-state index in [-0.39, 0.29) is 5.82 Å². The molecule has 15 heavy (non-hydrogen) atoms. The third-order valence-corrected chi connectivity index (χ3v) is 2.47. The summed E-state index contributed by atoms with van der Waals surface area (Å²) in [5, 5.41) is 0.448. The van der Waals surface area contributed by atoms with Crippen LogP contribution in [-0.2, 0) is 0 Å². The quantitative estimate of drug-likeness (QED) is 0.735. The summed E-state index contributed by atoms with van der Waals surface area (Å²) >= 11 is 5.72. The van der Waals surface area contributed by atoms with Crippen LogP contribution < -0.4 is 4.90 Å². The first-order chi connectivity index (χ1) is 7.19. The van der Waals surface area contributed by atoms with Crippen LogP contribution in [0.15, 0.2) is 18.2 Å². The molecular weight excluding hydrogens is 213 g/mol. The summed E-state index contributed by atoms with van der Waals surface area (Å²) in [5.41, 5.74) is 0.656. The van der Waals surface area contributed by atoms with E-state index in [2.05, 4.69) is 18.7 Å². The third kappa shape index (κ3) is 3.38. The second-order valence-electron chi connectivity index (χ2n) is 3.58. The van der Waals surface area contributed by atoms with Gasteiger partial charge in [0.15, 0.2) is 0 Å². The van der Waals surface area contributed by atoms with Crippen molar-refractivity contribution in [1.82, 2.24) is 0 Å². The first-order valence-corrected chi connectivity index (χ1v) is 5.76. The molecule has 0 aromatic heterocycles. The highest BCUT2D eigenvalue weighted by molar-refractivity contribution is 6.30. The fourth-order valence-corrected chi connectivity index (χ4v) is 1.79. The first kappa shape index (κ1) is 12.3. The van der Waals surface area contributed by atoms with E-state index in [1.165, 1.54) is 6.07 Å². The molecule has 0 N–H and O–H groups in total. The van der Waals surface area contributed by atoms with Crippen LogP contribution in [-0.4, -0.2) is 13.1 Å². The van der Waals surface area contributed by atoms with Crippen LogP contribution in [0, 0.1) is 5.82 Å². The van der Waals surface area contributed by atoms with Gasteiger partial charge in [-0.15, -0.1) is 0 Å². The number of benzene rings is 1. The van der Waals surface area contributed by atoms with Gasteiger partial charge in [-0.3, -0.25) is 0 Å². The summed E-state index contributed by atoms with van der Waals surface area (Å²) in [4.78, 5) is 2.06. The molecule has 0 amide bonds. The Morgan fingerprint density at radius 1 is 1.20 bits per heavy atom. The van der Waals surface area contributed by atoms with E-state index in [0.29, 0.717) is 10.7 Å². The lowest BCUT2D eigenvalue weighted by molar-refractivity contribution is 0.613. The summed E-state index contributed by atoms with van der Waals surface area (Å²) in [6.07, 6.45) is 2.03. The van der Waals surface area contributed by atoms with Gasteiger partial charge in [-0.25, -0.2) is 4.39 Å². The second kappa shape index (κ2) is 5.96. The Labute approximate surface area is 95.8 Å². The Hall–Kier alpha value is -0.760. The predicted octanol–water partition coefficient (Wildman–Crippen LogP) is 4.11. The van der Waals surface area contributed by atoms with Gasteiger partial charge < -0.3 is 4.90 Å². The maximum Gasteiger partial charge on any atom is 0.147 e. The molecule has 0 atom stereocenters. The predicted molar refractivity (Wildman–Crippen MR) is 64.2 cm³/mol. The van der Waals surface area contributed by atoms with Gasteiger partial charge >= 0.3 is 0 Å². The molecule has 0 spiro atoms. The Bertz CT molecular complexity index is 308. The molecule has 1 rings (SSSR count). The first-order valence-electron chi connectivity index (χ1n) is 5.39. The summed E-state index contributed by atoms with van der Waals surface area (Å²) in [6, 6.07) is 4.86. The van der Waals surface area contributed by atoms with Crippen molar-refractivity contribution in [3.05, 3.63) is 29.0 Å². The smallest absolute Gasteiger partial charge is 0.147 e. The molecule has 1 aromatic carbocycles. The maximum atomic E-state index is 13.6. The van der Waals surface area contributed by atoms with E-state index in [9.17, 15) is 4.39 Å². The summed E-state index contributed by atoms with van der Waals surface area (Å²) < 4.78 is 13.6. The summed E-state index contributed by atoms with van der Waals surface area (Å²) in [6.45, 7) is 5.95. The zero-order valence-corrected chi connectivity index (χ0v) is 10.0. The van der Waals surface area contributed by atoms with Crippen LogP contribution in [0.3, 0.4) is 0 Å². The molecule has 0 saturated heterocycles. The molecule has 1 aromatic rings. The molecule has 0 radical (unpaired) electrons. The molecule has 84 valence electrons. The highest BCUT2D eigenvalue weighted by atomic mass is 35.5. The second-order valence-corrected chi connectivity index (χ2v) is 4.02. The van der Waals surface area contributed by atoms with Gasteiger partial charge in [-0.1, -0.05) is 25.4 Å². The van der Waals surface area contributed by atoms with Gasteiger partial charge in [0.25, 0.3) is 0 Å². The number of anilines is 1. The number of rotatable bonds is 5. The average Bonchev–Trinajstić information content (AvgIpc) is 2.17. The Kier molecular flexibility index (Phi) is 4.89. The molecular formula is C12H17ClFN. The van der Waals surface area contributed by atoms with Crippen LogP contribution >= 0.6 is 11.6 Å². The van der Waals surface area contributed by atoms with Crippen LogP contribution in [0.4, 0.5) is 10.1 Å². The molecule has 0 saturated carbocycles. The SMILES string of the molecule is CCCN(CCC)c1ccc(Cl)cc1F. The Balaban J connectivity index is 2.89. The zero-order chi connectivity index (χ0) is 11.3. The van der Waals surface area contributed by atoms with Crippen molar-refractivity contribution >= 4 is 17.3 Å². The van der Waals surface area contributed by atoms with Crippen molar-refractivity contribution in [1.29, 1.82) is 0 Å². The monoisotopic (exact) mass is 229 g/mol. The van der Waals surface area contributed by atoms with E-state index in [0.717, 1.165) is 25.9 Å². The molecule has 0 bridgehead atoms. The molecule has 0 aliphatic carbocycles. The number of halogens is 2. The normalized spacial score (nSPS) is 10.4. The van der Waals surface area contributed by atoms with Gasteiger partial charge in [0.1, 0.15) is 5.82 Å². The van der Waals surface area contributed by atoms with Gasteiger partial charge in [-0.2, -0.15) is 0 Å². The highest BCUT2D eigenvalue weighted by Gasteiger charge is 2.09. The highest BCUT2D eigenvalue weighted by Crippen LogP contribution is 2.23. The lowest BCUT2D eigenvalue weighted by Gasteiger charge is -2.24. The van der Waals surface area contributed by atoms with E-state index >= 15 is 0 Å². The van der Waals surface area contributed by atoms with Gasteiger partial charge in [0.2, 0.25) is 0 Å². The standard InChI is InChI=1S/C12H17ClFN/c1-3-7-15(8-4-2)12-6-5-10(13)9-11(12)14/h5-6,9H,3-4,7-8H2,1-2H3. The van der Waals surface area contributed by atoms with E-state index in [1.54, 1.807) is 12.1 Å². The molecule has 0 heterocycles. The maximum absolute atomic E-state index is 13.6. The molecule has 0 fully saturated rings. The minimum atomic E-state index is -0.232. The third-order valence-electron chi connectivity index (χ3n) is 2.24. The van der Waals surface area contributed by atoms with Gasteiger partial charge in [0.05, 0.1) is 5.69 Å². The average molecular weight is 230 g/mol. The molecule has 0 aliphatic rings. The van der Waals surface area contributed by atoms with Crippen molar-refractivity contribution in [2.24, 2.45) is 0 Å². The lowest BCUT2D eigenvalue weighted by Crippen LogP contribution is -2.25. The largest absolute Gasteiger partial charge is 0.369 e. The van der Waals surface area contributed by atoms with Crippen molar-refractivity contribution in [2.45, 2.75) is 26.7 Å². The molecule has 3 heteroatoms. The van der Waals surface area contributed by atoms with Crippen molar-refractivity contribution in [3.8, 4) is 0 Å². The van der Waals surface area contributed by atoms with E-state index in [1.807, 2.05) is 0 Å². The van der Waals surface area contributed by atoms with Crippen LogP contribution in [0.2, 0.25) is 5.02 Å². The lowest BCUT2D eigenvalue weighted by atomic mass is 10.2. The topological polar surface area (TPSA) is 3.24 Å². The van der Waals surface area contributed by atoms with Crippen LogP contribution in [0.1, 0.15) is 26.7 Å². The van der Waals surface area contributed by atoms with Crippen LogP contribution in [0.25, 0.3) is 0 Å². The van der Waals surface area contributed by atoms with E-state index in [4.69, 9.17) is 11.6 Å². The zero-order valence-electron chi connectivity index (χ0n) is 9.26. The fraction of sp³-hybridized carbons (Fsp3) is 0.500. The number of hydrogen-bond donors (Lipinski definition) is 0. The van der Waals surface area contributed by atoms with Crippen molar-refractivity contribution in [2.75, 3.05) is 18.0 Å². The fourth-order valence-electron chi connectivity index (χ4n) is 1.63. The van der Waals surface area contributed by atoms with E-state index < -0.39 is 0 Å². The molecule has 1 nitrogen and oxygen atoms in total. The minimum absolute atomic E-state index is 0.232. The Morgan fingerprint density at radius 3 is 2.27 bits per heavy atom. The summed E-state index contributed by atoms with van der Waals surface area (Å²) in [7, 11) is 0. The van der Waals surface area contributed by atoms with Crippen molar-refractivity contribution < 1.29 is 4.39 Å². The van der Waals surface area contributed by atoms with Gasteiger partial charge in [0, 0.05) is 18.1 Å². The summed E-state index contributed by atoms with van der Waals surface area (Å²) in [5.74, 6) is -0.232. The van der Waals surface area contributed by atoms with Crippen molar-refractivity contribution in [3.63, 3.8) is 0 Å². The Morgan fingerprint density at radius 2 is 1.80 bits per heavy atom. The number of nitrogens with zero attached hydrogens (tertiary/aromatic N) is 1. The van der Waals surface area contributed by atoms with Crippen LogP contribution in [0.5, 0.6) is 0 Å². The number of hydrogen-bond acceptors (Lipinski definition) is 1. The minimum Gasteiger partial charge on any atom is -0.369 e. The molecule has 0 unspecified atom stereocenters.